The summed E-state index contributed by atoms with van der Waals surface area (Å²) in [4.78, 5) is 0. The van der Waals surface area contributed by atoms with Gasteiger partial charge in [-0.2, -0.15) is 4.68 Å². The van der Waals surface area contributed by atoms with E-state index in [1.165, 1.54) is 0 Å². The van der Waals surface area contributed by atoms with Crippen molar-refractivity contribution in [1.29, 1.82) is 0 Å². The number of methoxy groups -OCH3 is 2. The molecule has 0 bridgehead atoms. The van der Waals surface area contributed by atoms with Crippen LogP contribution in [0.3, 0.4) is 0 Å². The first-order chi connectivity index (χ1) is 12.1. The molecule has 3 rings (SSSR count). The Morgan fingerprint density at radius 1 is 1.12 bits per heavy atom. The minimum Gasteiger partial charge on any atom is -0.493 e. The zero-order valence-electron chi connectivity index (χ0n) is 14.1. The third-order valence-electron chi connectivity index (χ3n) is 3.69. The minimum absolute atomic E-state index is 0.639. The lowest BCUT2D eigenvalue weighted by molar-refractivity contribution is 0.354. The topological polar surface area (TPSA) is 62.1 Å². The van der Waals surface area contributed by atoms with Crippen LogP contribution in [0, 0.1) is 6.92 Å². The second-order valence-corrected chi connectivity index (χ2v) is 6.65. The molecule has 2 aromatic carbocycles. The predicted molar refractivity (Wildman–Crippen MR) is 98.0 cm³/mol. The van der Waals surface area contributed by atoms with Crippen LogP contribution >= 0.6 is 23.4 Å². The molecule has 0 aliphatic heterocycles. The first kappa shape index (κ1) is 17.6. The highest BCUT2D eigenvalue weighted by Crippen LogP contribution is 2.33. The van der Waals surface area contributed by atoms with E-state index < -0.39 is 0 Å². The molecule has 0 unspecified atom stereocenters. The summed E-state index contributed by atoms with van der Waals surface area (Å²) >= 11 is 7.60. The van der Waals surface area contributed by atoms with Crippen LogP contribution < -0.4 is 9.47 Å². The second kappa shape index (κ2) is 7.76. The first-order valence-corrected chi connectivity index (χ1v) is 8.87. The maximum atomic E-state index is 6.06. The van der Waals surface area contributed by atoms with Crippen LogP contribution in [0.2, 0.25) is 5.02 Å². The molecule has 3 aromatic rings. The molecule has 6 nitrogen and oxygen atoms in total. The van der Waals surface area contributed by atoms with E-state index in [-0.39, 0.29) is 0 Å². The van der Waals surface area contributed by atoms with E-state index in [0.29, 0.717) is 21.7 Å². The minimum atomic E-state index is 0.639. The molecule has 0 radical (unpaired) electrons. The summed E-state index contributed by atoms with van der Waals surface area (Å²) in [6, 6.07) is 11.4. The zero-order valence-corrected chi connectivity index (χ0v) is 15.6. The first-order valence-electron chi connectivity index (χ1n) is 7.51. The van der Waals surface area contributed by atoms with Gasteiger partial charge in [-0.25, -0.2) is 0 Å². The van der Waals surface area contributed by atoms with E-state index in [9.17, 15) is 0 Å². The third-order valence-corrected chi connectivity index (χ3v) is 4.90. The molecule has 0 amide bonds. The number of rotatable bonds is 6. The van der Waals surface area contributed by atoms with E-state index >= 15 is 0 Å². The van der Waals surface area contributed by atoms with Crippen molar-refractivity contribution >= 4 is 23.4 Å². The highest BCUT2D eigenvalue weighted by atomic mass is 35.5. The van der Waals surface area contributed by atoms with Gasteiger partial charge in [-0.1, -0.05) is 29.4 Å². The number of halogens is 1. The van der Waals surface area contributed by atoms with Crippen LogP contribution in [-0.2, 0) is 5.75 Å². The van der Waals surface area contributed by atoms with E-state index in [4.69, 9.17) is 21.1 Å². The lowest BCUT2D eigenvalue weighted by Crippen LogP contribution is -1.99. The van der Waals surface area contributed by atoms with E-state index in [1.54, 1.807) is 30.7 Å². The quantitative estimate of drug-likeness (QED) is 0.607. The number of thioether (sulfide) groups is 1. The van der Waals surface area contributed by atoms with Crippen molar-refractivity contribution in [2.75, 3.05) is 14.2 Å². The van der Waals surface area contributed by atoms with Crippen LogP contribution in [0.25, 0.3) is 5.69 Å². The molecule has 1 aromatic heterocycles. The normalized spacial score (nSPS) is 10.7. The fourth-order valence-corrected chi connectivity index (χ4v) is 3.50. The van der Waals surface area contributed by atoms with Crippen molar-refractivity contribution in [1.82, 2.24) is 20.2 Å². The molecule has 0 saturated carbocycles. The highest BCUT2D eigenvalue weighted by molar-refractivity contribution is 7.98. The van der Waals surface area contributed by atoms with Gasteiger partial charge in [0.25, 0.3) is 0 Å². The smallest absolute Gasteiger partial charge is 0.214 e. The third kappa shape index (κ3) is 3.88. The largest absolute Gasteiger partial charge is 0.493 e. The van der Waals surface area contributed by atoms with E-state index in [0.717, 1.165) is 22.6 Å². The maximum absolute atomic E-state index is 6.06. The lowest BCUT2D eigenvalue weighted by atomic mass is 10.1. The van der Waals surface area contributed by atoms with Gasteiger partial charge in [0.2, 0.25) is 5.16 Å². The number of aromatic nitrogens is 4. The van der Waals surface area contributed by atoms with Gasteiger partial charge in [0, 0.05) is 10.8 Å². The van der Waals surface area contributed by atoms with Crippen LogP contribution in [0.5, 0.6) is 11.5 Å². The molecule has 0 fully saturated rings. The molecule has 0 atom stereocenters. The molecule has 0 spiro atoms. The Bertz CT molecular complexity index is 885. The van der Waals surface area contributed by atoms with Gasteiger partial charge in [0.1, 0.15) is 0 Å². The summed E-state index contributed by atoms with van der Waals surface area (Å²) in [6.07, 6.45) is 0. The number of tetrazole rings is 1. The molecule has 130 valence electrons. The Labute approximate surface area is 155 Å². The average molecular weight is 377 g/mol. The number of benzene rings is 2. The molecule has 0 aliphatic rings. The Hall–Kier alpha value is -2.25. The Balaban J connectivity index is 1.83. The fraction of sp³-hybridized carbons (Fsp3) is 0.235. The van der Waals surface area contributed by atoms with Crippen molar-refractivity contribution in [3.8, 4) is 17.2 Å². The molecule has 25 heavy (non-hydrogen) atoms. The van der Waals surface area contributed by atoms with Gasteiger partial charge < -0.3 is 9.47 Å². The van der Waals surface area contributed by atoms with Gasteiger partial charge in [-0.05, 0) is 58.8 Å². The monoisotopic (exact) mass is 376 g/mol. The van der Waals surface area contributed by atoms with E-state index in [1.807, 2.05) is 43.3 Å². The van der Waals surface area contributed by atoms with Crippen molar-refractivity contribution < 1.29 is 9.47 Å². The number of hydrogen-bond acceptors (Lipinski definition) is 6. The van der Waals surface area contributed by atoms with Gasteiger partial charge in [-0.3, -0.25) is 0 Å². The summed E-state index contributed by atoms with van der Waals surface area (Å²) in [7, 11) is 3.26. The van der Waals surface area contributed by atoms with E-state index in [2.05, 4.69) is 15.5 Å². The van der Waals surface area contributed by atoms with Crippen molar-refractivity contribution in [3.05, 3.63) is 52.5 Å². The summed E-state index contributed by atoms with van der Waals surface area (Å²) in [5.74, 6) is 2.13. The maximum Gasteiger partial charge on any atom is 0.214 e. The van der Waals surface area contributed by atoms with Gasteiger partial charge in [0.15, 0.2) is 11.5 Å². The van der Waals surface area contributed by atoms with Crippen LogP contribution in [-0.4, -0.2) is 34.4 Å². The van der Waals surface area contributed by atoms with Crippen molar-refractivity contribution in [2.45, 2.75) is 17.8 Å². The van der Waals surface area contributed by atoms with Crippen LogP contribution in [0.1, 0.15) is 11.1 Å². The van der Waals surface area contributed by atoms with Crippen molar-refractivity contribution in [3.63, 3.8) is 0 Å². The SMILES string of the molecule is COc1cc(C)c(CSc2nnnn2-c2cccc(Cl)c2)cc1OC. The summed E-state index contributed by atoms with van der Waals surface area (Å²) in [6.45, 7) is 2.04. The molecule has 0 N–H and O–H groups in total. The van der Waals surface area contributed by atoms with Gasteiger partial charge in [0.05, 0.1) is 19.9 Å². The molecular weight excluding hydrogens is 360 g/mol. The predicted octanol–water partition coefficient (Wildman–Crippen LogP) is 3.93. The molecule has 8 heteroatoms. The van der Waals surface area contributed by atoms with Gasteiger partial charge >= 0.3 is 0 Å². The number of ether oxygens (including phenoxy) is 2. The number of aryl methyl sites for hydroxylation is 1. The average Bonchev–Trinajstić information content (AvgIpc) is 3.09. The molecule has 0 saturated heterocycles. The highest BCUT2D eigenvalue weighted by Gasteiger charge is 2.13. The summed E-state index contributed by atoms with van der Waals surface area (Å²) < 4.78 is 12.4. The second-order valence-electron chi connectivity index (χ2n) is 5.28. The molecule has 1 heterocycles. The lowest BCUT2D eigenvalue weighted by Gasteiger charge is -2.12. The van der Waals surface area contributed by atoms with Crippen LogP contribution in [0.4, 0.5) is 0 Å². The van der Waals surface area contributed by atoms with Gasteiger partial charge in [-0.15, -0.1) is 5.10 Å². The zero-order chi connectivity index (χ0) is 17.8. The Morgan fingerprint density at radius 3 is 2.60 bits per heavy atom. The van der Waals surface area contributed by atoms with Crippen LogP contribution in [0.15, 0.2) is 41.6 Å². The Morgan fingerprint density at radius 2 is 1.88 bits per heavy atom. The standard InChI is InChI=1S/C17H17ClN4O2S/c1-11-7-15(23-2)16(24-3)8-12(11)10-25-17-19-20-21-22(17)14-6-4-5-13(18)9-14/h4-9H,10H2,1-3H3. The summed E-state index contributed by atoms with van der Waals surface area (Å²) in [5.41, 5.74) is 3.07. The molecule has 0 aliphatic carbocycles. The Kier molecular flexibility index (Phi) is 5.45. The summed E-state index contributed by atoms with van der Waals surface area (Å²) in [5, 5.41) is 13.3. The number of nitrogens with zero attached hydrogens (tertiary/aromatic N) is 4. The molecular formula is C17H17ClN4O2S. The number of hydrogen-bond donors (Lipinski definition) is 0. The van der Waals surface area contributed by atoms with Crippen molar-refractivity contribution in [2.24, 2.45) is 0 Å². The fourth-order valence-electron chi connectivity index (χ4n) is 2.36.